The molecule has 9 nitrogen and oxygen atoms in total. The van der Waals surface area contributed by atoms with Gasteiger partial charge in [0.25, 0.3) is 5.69 Å². The molecule has 0 N–H and O–H groups in total. The number of piperidine rings is 1. The highest BCUT2D eigenvalue weighted by Crippen LogP contribution is 2.35. The number of nitro benzene ring substituents is 1. The Labute approximate surface area is 251 Å². The first-order chi connectivity index (χ1) is 20.1. The SMILES string of the molecule is CC(C)CN(CC(C)C)S(=O)(=O)c1cc(N=Cc2cc([N+](=O)[O-])ccc2N2CCCCCC2)ccc1N1CCCCC1. The lowest BCUT2D eigenvalue weighted by Crippen LogP contribution is -2.38. The fraction of sp³-hybridized carbons (Fsp3) is 0.594. The van der Waals surface area contributed by atoms with Gasteiger partial charge in [-0.15, -0.1) is 0 Å². The Hall–Kier alpha value is -2.98. The lowest BCUT2D eigenvalue weighted by molar-refractivity contribution is -0.384. The van der Waals surface area contributed by atoms with E-state index < -0.39 is 10.0 Å². The third kappa shape index (κ3) is 8.10. The topological polar surface area (TPSA) is 99.4 Å². The Morgan fingerprint density at radius 3 is 1.90 bits per heavy atom. The summed E-state index contributed by atoms with van der Waals surface area (Å²) in [5.74, 6) is 0.369. The number of anilines is 2. The zero-order valence-corrected chi connectivity index (χ0v) is 26.5. The van der Waals surface area contributed by atoms with Crippen molar-refractivity contribution in [2.24, 2.45) is 16.8 Å². The number of non-ortho nitro benzene ring substituents is 1. The predicted octanol–water partition coefficient (Wildman–Crippen LogP) is 7.02. The molecule has 2 fully saturated rings. The Morgan fingerprint density at radius 2 is 1.36 bits per heavy atom. The average molecular weight is 598 g/mol. The van der Waals surface area contributed by atoms with Gasteiger partial charge in [0, 0.05) is 68.9 Å². The van der Waals surface area contributed by atoms with Crippen LogP contribution >= 0.6 is 0 Å². The lowest BCUT2D eigenvalue weighted by atomic mass is 10.1. The molecule has 230 valence electrons. The van der Waals surface area contributed by atoms with Crippen LogP contribution in [0.5, 0.6) is 0 Å². The Balaban J connectivity index is 1.77. The number of hydrogen-bond donors (Lipinski definition) is 0. The largest absolute Gasteiger partial charge is 0.371 e. The number of nitro groups is 1. The molecule has 0 unspecified atom stereocenters. The first kappa shape index (κ1) is 31.9. The molecule has 0 bridgehead atoms. The number of sulfonamides is 1. The maximum Gasteiger partial charge on any atom is 0.270 e. The highest BCUT2D eigenvalue weighted by Gasteiger charge is 2.30. The van der Waals surface area contributed by atoms with E-state index in [1.54, 1.807) is 28.7 Å². The number of nitrogens with zero attached hydrogens (tertiary/aromatic N) is 5. The first-order valence-electron chi connectivity index (χ1n) is 15.5. The normalized spacial score (nSPS) is 17.0. The zero-order valence-electron chi connectivity index (χ0n) is 25.7. The van der Waals surface area contributed by atoms with Gasteiger partial charge in [-0.2, -0.15) is 4.31 Å². The van der Waals surface area contributed by atoms with Gasteiger partial charge in [-0.1, -0.05) is 40.5 Å². The van der Waals surface area contributed by atoms with Crippen LogP contribution in [0.2, 0.25) is 0 Å². The van der Waals surface area contributed by atoms with E-state index in [1.165, 1.54) is 12.8 Å². The summed E-state index contributed by atoms with van der Waals surface area (Å²) in [6.45, 7) is 12.5. The van der Waals surface area contributed by atoms with E-state index in [0.717, 1.165) is 69.7 Å². The molecular formula is C32H47N5O4S. The molecule has 2 saturated heterocycles. The van der Waals surface area contributed by atoms with Crippen LogP contribution in [0.3, 0.4) is 0 Å². The molecule has 4 rings (SSSR count). The molecule has 42 heavy (non-hydrogen) atoms. The van der Waals surface area contributed by atoms with Crippen molar-refractivity contribution in [3.8, 4) is 0 Å². The Kier molecular flexibility index (Phi) is 11.0. The highest BCUT2D eigenvalue weighted by atomic mass is 32.2. The number of hydrogen-bond acceptors (Lipinski definition) is 7. The lowest BCUT2D eigenvalue weighted by Gasteiger charge is -2.32. The van der Waals surface area contributed by atoms with E-state index >= 15 is 0 Å². The second-order valence-corrected chi connectivity index (χ2v) is 14.4. The van der Waals surface area contributed by atoms with Crippen molar-refractivity contribution < 1.29 is 13.3 Å². The Morgan fingerprint density at radius 1 is 0.833 bits per heavy atom. The average Bonchev–Trinajstić information content (AvgIpc) is 3.25. The molecule has 10 heteroatoms. The summed E-state index contributed by atoms with van der Waals surface area (Å²) < 4.78 is 30.2. The molecule has 0 spiro atoms. The minimum Gasteiger partial charge on any atom is -0.371 e. The maximum absolute atomic E-state index is 14.3. The molecule has 0 aromatic heterocycles. The minimum atomic E-state index is -3.80. The van der Waals surface area contributed by atoms with Gasteiger partial charge < -0.3 is 9.80 Å². The van der Waals surface area contributed by atoms with Crippen LogP contribution in [0, 0.1) is 22.0 Å². The molecular weight excluding hydrogens is 550 g/mol. The van der Waals surface area contributed by atoms with Crippen molar-refractivity contribution in [1.82, 2.24) is 4.31 Å². The van der Waals surface area contributed by atoms with Crippen molar-refractivity contribution in [1.29, 1.82) is 0 Å². The fourth-order valence-electron chi connectivity index (χ4n) is 5.91. The molecule has 2 heterocycles. The van der Waals surface area contributed by atoms with Crippen LogP contribution in [0.15, 0.2) is 46.3 Å². The molecule has 2 aliphatic rings. The van der Waals surface area contributed by atoms with Crippen molar-refractivity contribution in [2.45, 2.75) is 77.5 Å². The van der Waals surface area contributed by atoms with Crippen molar-refractivity contribution >= 4 is 39.0 Å². The summed E-state index contributed by atoms with van der Waals surface area (Å²) in [6, 6.07) is 10.4. The summed E-state index contributed by atoms with van der Waals surface area (Å²) in [6.07, 6.45) is 9.39. The van der Waals surface area contributed by atoms with E-state index in [1.807, 2.05) is 45.9 Å². The quantitative estimate of drug-likeness (QED) is 0.157. The summed E-state index contributed by atoms with van der Waals surface area (Å²) in [4.78, 5) is 20.7. The second-order valence-electron chi connectivity index (χ2n) is 12.5. The standard InChI is InChI=1S/C32H47N5O4S/c1-25(2)23-36(24-26(3)4)42(40,41)32-21-28(12-14-31(32)35-18-10-7-11-19-35)33-22-27-20-29(37(38)39)13-15-30(27)34-16-8-5-6-9-17-34/h12-15,20-22,25-26H,5-11,16-19,23-24H2,1-4H3. The summed E-state index contributed by atoms with van der Waals surface area (Å²) in [5, 5.41) is 11.6. The van der Waals surface area contributed by atoms with Gasteiger partial charge >= 0.3 is 0 Å². The molecule has 2 aromatic rings. The molecule has 0 radical (unpaired) electrons. The fourth-order valence-corrected chi connectivity index (χ4v) is 7.91. The van der Waals surface area contributed by atoms with Gasteiger partial charge in [-0.05, 0) is 68.2 Å². The van der Waals surface area contributed by atoms with Crippen LogP contribution in [0.1, 0.15) is 78.2 Å². The molecule has 0 aliphatic carbocycles. The van der Waals surface area contributed by atoms with Crippen molar-refractivity contribution in [2.75, 3.05) is 49.1 Å². The minimum absolute atomic E-state index is 0.0109. The van der Waals surface area contributed by atoms with Gasteiger partial charge in [-0.3, -0.25) is 15.1 Å². The van der Waals surface area contributed by atoms with E-state index in [0.29, 0.717) is 24.3 Å². The van der Waals surface area contributed by atoms with Crippen LogP contribution in [0.25, 0.3) is 0 Å². The predicted molar refractivity (Wildman–Crippen MR) is 172 cm³/mol. The third-order valence-corrected chi connectivity index (χ3v) is 9.78. The second kappa shape index (κ2) is 14.5. The first-order valence-corrected chi connectivity index (χ1v) is 17.0. The van der Waals surface area contributed by atoms with E-state index in [-0.39, 0.29) is 27.3 Å². The number of rotatable bonds is 11. The van der Waals surface area contributed by atoms with Gasteiger partial charge in [0.05, 0.1) is 16.3 Å². The van der Waals surface area contributed by atoms with Gasteiger partial charge in [0.15, 0.2) is 0 Å². The number of aliphatic imine (C=N–C) groups is 1. The smallest absolute Gasteiger partial charge is 0.270 e. The molecule has 2 aliphatic heterocycles. The van der Waals surface area contributed by atoms with Crippen LogP contribution in [0.4, 0.5) is 22.7 Å². The Bertz CT molecular complexity index is 1330. The maximum atomic E-state index is 14.3. The van der Waals surface area contributed by atoms with E-state index in [4.69, 9.17) is 4.99 Å². The van der Waals surface area contributed by atoms with Crippen molar-refractivity contribution in [3.05, 3.63) is 52.1 Å². The van der Waals surface area contributed by atoms with Gasteiger partial charge in [0.1, 0.15) is 4.90 Å². The molecule has 2 aromatic carbocycles. The van der Waals surface area contributed by atoms with Gasteiger partial charge in [0.2, 0.25) is 10.0 Å². The van der Waals surface area contributed by atoms with Crippen LogP contribution in [-0.2, 0) is 10.0 Å². The monoisotopic (exact) mass is 597 g/mol. The number of benzene rings is 2. The van der Waals surface area contributed by atoms with E-state index in [9.17, 15) is 18.5 Å². The van der Waals surface area contributed by atoms with Crippen LogP contribution < -0.4 is 9.80 Å². The van der Waals surface area contributed by atoms with E-state index in [2.05, 4.69) is 9.80 Å². The van der Waals surface area contributed by atoms with Crippen molar-refractivity contribution in [3.63, 3.8) is 0 Å². The summed E-state index contributed by atoms with van der Waals surface area (Å²) in [5.41, 5.74) is 2.83. The highest BCUT2D eigenvalue weighted by molar-refractivity contribution is 7.89. The molecule has 0 amide bonds. The van der Waals surface area contributed by atoms with Gasteiger partial charge in [-0.25, -0.2) is 8.42 Å². The zero-order chi connectivity index (χ0) is 30.3. The van der Waals surface area contributed by atoms with Crippen LogP contribution in [-0.4, -0.2) is 63.1 Å². The summed E-state index contributed by atoms with van der Waals surface area (Å²) in [7, 11) is -3.80. The summed E-state index contributed by atoms with van der Waals surface area (Å²) >= 11 is 0. The molecule has 0 atom stereocenters. The third-order valence-electron chi connectivity index (χ3n) is 7.92. The molecule has 0 saturated carbocycles.